The Labute approximate surface area is 114 Å². The molecule has 0 spiro atoms. The normalized spacial score (nSPS) is 10.8. The predicted octanol–water partition coefficient (Wildman–Crippen LogP) is 1.80. The van der Waals surface area contributed by atoms with Gasteiger partial charge >= 0.3 is 5.97 Å². The highest BCUT2D eigenvalue weighted by atomic mass is 79.9. The number of carbonyl (C=O) groups is 1. The second-order valence-corrected chi connectivity index (χ2v) is 5.86. The fraction of sp³-hybridized carbons (Fsp3) is 0.182. The van der Waals surface area contributed by atoms with E-state index in [0.717, 1.165) is 4.47 Å². The summed E-state index contributed by atoms with van der Waals surface area (Å²) in [6, 6.07) is 5.99. The number of esters is 1. The van der Waals surface area contributed by atoms with Gasteiger partial charge in [0.2, 0.25) is 0 Å². The van der Waals surface area contributed by atoms with E-state index in [0.29, 0.717) is 0 Å². The number of sulfonamides is 1. The Morgan fingerprint density at radius 2 is 1.94 bits per heavy atom. The zero-order chi connectivity index (χ0) is 13.8. The van der Waals surface area contributed by atoms with Crippen LogP contribution in [-0.4, -0.2) is 21.0 Å². The third kappa shape index (κ3) is 3.85. The molecule has 0 amide bonds. The van der Waals surface area contributed by atoms with Crippen molar-refractivity contribution in [1.82, 2.24) is 4.72 Å². The first kappa shape index (κ1) is 14.7. The minimum absolute atomic E-state index is 0.0381. The molecular formula is C11H12BrNO4S. The second kappa shape index (κ2) is 6.01. The molecule has 0 aliphatic carbocycles. The van der Waals surface area contributed by atoms with Gasteiger partial charge in [-0.05, 0) is 31.2 Å². The van der Waals surface area contributed by atoms with Gasteiger partial charge in [0.1, 0.15) is 5.70 Å². The molecule has 0 aliphatic heterocycles. The summed E-state index contributed by atoms with van der Waals surface area (Å²) in [5.74, 6) is -0.793. The van der Waals surface area contributed by atoms with Gasteiger partial charge in [-0.1, -0.05) is 22.5 Å². The fourth-order valence-electron chi connectivity index (χ4n) is 1.09. The van der Waals surface area contributed by atoms with E-state index in [9.17, 15) is 13.2 Å². The molecule has 0 aromatic heterocycles. The molecule has 5 nitrogen and oxygen atoms in total. The van der Waals surface area contributed by atoms with Crippen molar-refractivity contribution in [3.8, 4) is 0 Å². The van der Waals surface area contributed by atoms with E-state index in [4.69, 9.17) is 0 Å². The van der Waals surface area contributed by atoms with E-state index in [1.165, 1.54) is 12.1 Å². The van der Waals surface area contributed by atoms with Gasteiger partial charge in [-0.15, -0.1) is 0 Å². The van der Waals surface area contributed by atoms with E-state index in [2.05, 4.69) is 32.0 Å². The number of hydrogen-bond acceptors (Lipinski definition) is 4. The van der Waals surface area contributed by atoms with E-state index in [1.54, 1.807) is 19.1 Å². The molecule has 1 aromatic rings. The summed E-state index contributed by atoms with van der Waals surface area (Å²) in [5.41, 5.74) is -0.320. The first-order valence-electron chi connectivity index (χ1n) is 5.01. The Hall–Kier alpha value is -1.34. The maximum absolute atomic E-state index is 11.9. The number of halogens is 1. The summed E-state index contributed by atoms with van der Waals surface area (Å²) < 4.78 is 31.2. The molecule has 0 saturated carbocycles. The summed E-state index contributed by atoms with van der Waals surface area (Å²) in [5, 5.41) is 0. The van der Waals surface area contributed by atoms with Gasteiger partial charge in [-0.25, -0.2) is 13.2 Å². The summed E-state index contributed by atoms with van der Waals surface area (Å²) in [6.45, 7) is 5.10. The number of ether oxygens (including phenoxy) is 1. The molecule has 0 unspecified atom stereocenters. The first-order valence-corrected chi connectivity index (χ1v) is 7.29. The van der Waals surface area contributed by atoms with Gasteiger partial charge in [-0.3, -0.25) is 4.72 Å². The lowest BCUT2D eigenvalue weighted by molar-refractivity contribution is -0.138. The zero-order valence-corrected chi connectivity index (χ0v) is 12.0. The molecule has 0 atom stereocenters. The largest absolute Gasteiger partial charge is 0.461 e. The van der Waals surface area contributed by atoms with Crippen molar-refractivity contribution < 1.29 is 17.9 Å². The third-order valence-corrected chi connectivity index (χ3v) is 3.84. The van der Waals surface area contributed by atoms with Crippen LogP contribution >= 0.6 is 15.9 Å². The van der Waals surface area contributed by atoms with E-state index < -0.39 is 16.0 Å². The van der Waals surface area contributed by atoms with Crippen LogP contribution in [0.4, 0.5) is 0 Å². The van der Waals surface area contributed by atoms with Crippen molar-refractivity contribution in [3.63, 3.8) is 0 Å². The van der Waals surface area contributed by atoms with Gasteiger partial charge in [-0.2, -0.15) is 0 Å². The zero-order valence-electron chi connectivity index (χ0n) is 9.64. The van der Waals surface area contributed by atoms with Crippen molar-refractivity contribution in [2.75, 3.05) is 6.61 Å². The maximum atomic E-state index is 11.9. The highest BCUT2D eigenvalue weighted by Gasteiger charge is 2.18. The second-order valence-electron chi connectivity index (χ2n) is 3.26. The third-order valence-electron chi connectivity index (χ3n) is 1.90. The molecule has 0 radical (unpaired) electrons. The van der Waals surface area contributed by atoms with Gasteiger partial charge in [0.05, 0.1) is 11.5 Å². The van der Waals surface area contributed by atoms with Crippen LogP contribution in [0.25, 0.3) is 0 Å². The van der Waals surface area contributed by atoms with Crippen LogP contribution in [0.3, 0.4) is 0 Å². The van der Waals surface area contributed by atoms with Crippen molar-refractivity contribution in [2.45, 2.75) is 11.8 Å². The van der Waals surface area contributed by atoms with Crippen LogP contribution < -0.4 is 4.72 Å². The Balaban J connectivity index is 2.86. The SMILES string of the molecule is C=C(NS(=O)(=O)c1ccc(Br)cc1)C(=O)OCC. The molecule has 0 fully saturated rings. The number of benzene rings is 1. The van der Waals surface area contributed by atoms with Crippen molar-refractivity contribution in [3.05, 3.63) is 41.0 Å². The average molecular weight is 334 g/mol. The summed E-state index contributed by atoms with van der Waals surface area (Å²) in [7, 11) is -3.81. The number of carbonyl (C=O) groups excluding carboxylic acids is 1. The molecule has 1 aromatic carbocycles. The first-order chi connectivity index (χ1) is 8.36. The predicted molar refractivity (Wildman–Crippen MR) is 70.2 cm³/mol. The van der Waals surface area contributed by atoms with Crippen molar-refractivity contribution in [2.24, 2.45) is 0 Å². The molecule has 0 saturated heterocycles. The molecule has 98 valence electrons. The average Bonchev–Trinajstić information content (AvgIpc) is 2.29. The monoisotopic (exact) mass is 333 g/mol. The van der Waals surface area contributed by atoms with Crippen LogP contribution in [-0.2, 0) is 19.6 Å². The highest BCUT2D eigenvalue weighted by molar-refractivity contribution is 9.10. The molecule has 1 rings (SSSR count). The smallest absolute Gasteiger partial charge is 0.354 e. The summed E-state index contributed by atoms with van der Waals surface area (Å²) in [6.07, 6.45) is 0. The number of nitrogens with one attached hydrogen (secondary N) is 1. The molecule has 7 heteroatoms. The van der Waals surface area contributed by atoms with Gasteiger partial charge in [0, 0.05) is 4.47 Å². The van der Waals surface area contributed by atoms with Crippen molar-refractivity contribution >= 4 is 31.9 Å². The van der Waals surface area contributed by atoms with Crippen LogP contribution in [0.15, 0.2) is 45.9 Å². The fourth-order valence-corrected chi connectivity index (χ4v) is 2.38. The number of hydrogen-bond donors (Lipinski definition) is 1. The summed E-state index contributed by atoms with van der Waals surface area (Å²) >= 11 is 3.20. The van der Waals surface area contributed by atoms with Gasteiger partial charge < -0.3 is 4.74 Å². The Morgan fingerprint density at radius 3 is 2.44 bits per heavy atom. The van der Waals surface area contributed by atoms with Crippen molar-refractivity contribution in [1.29, 1.82) is 0 Å². The van der Waals surface area contributed by atoms with Crippen LogP contribution in [0.1, 0.15) is 6.92 Å². The molecule has 1 N–H and O–H groups in total. The van der Waals surface area contributed by atoms with E-state index in [-0.39, 0.29) is 17.2 Å². The van der Waals surface area contributed by atoms with Crippen LogP contribution in [0, 0.1) is 0 Å². The number of rotatable bonds is 5. The lowest BCUT2D eigenvalue weighted by Crippen LogP contribution is -2.28. The lowest BCUT2D eigenvalue weighted by atomic mass is 10.4. The standard InChI is InChI=1S/C11H12BrNO4S/c1-3-17-11(14)8(2)13-18(15,16)10-6-4-9(12)5-7-10/h4-7,13H,2-3H2,1H3. The molecule has 0 heterocycles. The lowest BCUT2D eigenvalue weighted by Gasteiger charge is -2.09. The molecular weight excluding hydrogens is 322 g/mol. The Kier molecular flexibility index (Phi) is 4.92. The van der Waals surface area contributed by atoms with Crippen LogP contribution in [0.2, 0.25) is 0 Å². The van der Waals surface area contributed by atoms with Crippen LogP contribution in [0.5, 0.6) is 0 Å². The van der Waals surface area contributed by atoms with Gasteiger partial charge in [0.15, 0.2) is 0 Å². The van der Waals surface area contributed by atoms with E-state index in [1.807, 2.05) is 0 Å². The maximum Gasteiger partial charge on any atom is 0.354 e. The molecule has 0 aliphatic rings. The topological polar surface area (TPSA) is 72.5 Å². The Bertz CT molecular complexity index is 551. The van der Waals surface area contributed by atoms with Gasteiger partial charge in [0.25, 0.3) is 10.0 Å². The highest BCUT2D eigenvalue weighted by Crippen LogP contribution is 2.15. The minimum Gasteiger partial charge on any atom is -0.461 e. The Morgan fingerprint density at radius 1 is 1.39 bits per heavy atom. The minimum atomic E-state index is -3.81. The van der Waals surface area contributed by atoms with E-state index >= 15 is 0 Å². The molecule has 18 heavy (non-hydrogen) atoms. The quantitative estimate of drug-likeness (QED) is 0.658. The summed E-state index contributed by atoms with van der Waals surface area (Å²) in [4.78, 5) is 11.3. The molecule has 0 bridgehead atoms.